The number of nitrogens with zero attached hydrogens (tertiary/aromatic N) is 4. The van der Waals surface area contributed by atoms with Crippen molar-refractivity contribution in [3.63, 3.8) is 0 Å². The van der Waals surface area contributed by atoms with Crippen LogP contribution in [0.25, 0.3) is 0 Å². The molecule has 3 heterocycles. The molecule has 2 atom stereocenters. The molecule has 148 valence electrons. The molecule has 26 heavy (non-hydrogen) atoms. The molecule has 8 heteroatoms. The van der Waals surface area contributed by atoms with Gasteiger partial charge in [0, 0.05) is 39.1 Å². The van der Waals surface area contributed by atoms with Gasteiger partial charge >= 0.3 is 12.1 Å². The number of carboxylic acids is 1. The lowest BCUT2D eigenvalue weighted by Crippen LogP contribution is -2.59. The van der Waals surface area contributed by atoms with Gasteiger partial charge in [0.05, 0.1) is 6.54 Å². The monoisotopic (exact) mass is 368 g/mol. The van der Waals surface area contributed by atoms with E-state index in [2.05, 4.69) is 21.7 Å². The molecule has 0 saturated carbocycles. The van der Waals surface area contributed by atoms with Crippen LogP contribution in [0, 0.1) is 5.92 Å². The van der Waals surface area contributed by atoms with Crippen LogP contribution in [0.4, 0.5) is 4.79 Å². The lowest BCUT2D eigenvalue weighted by molar-refractivity contribution is -0.137. The van der Waals surface area contributed by atoms with E-state index in [1.54, 1.807) is 11.9 Å². The van der Waals surface area contributed by atoms with Gasteiger partial charge in [0.25, 0.3) is 0 Å². The molecule has 1 N–H and O–H groups in total. The second kappa shape index (κ2) is 8.54. The fraction of sp³-hybridized carbons (Fsp3) is 0.889. The van der Waals surface area contributed by atoms with Crippen LogP contribution in [0.1, 0.15) is 25.7 Å². The third kappa shape index (κ3) is 4.66. The molecule has 3 aliphatic heterocycles. The first kappa shape index (κ1) is 19.4. The molecule has 1 amide bonds. The van der Waals surface area contributed by atoms with Crippen molar-refractivity contribution in [3.8, 4) is 0 Å². The Bertz CT molecular complexity index is 509. The number of hydrogen-bond acceptors (Lipinski definition) is 6. The van der Waals surface area contributed by atoms with E-state index in [0.717, 1.165) is 39.3 Å². The number of likely N-dealkylation sites (tertiary alicyclic amines) is 1. The van der Waals surface area contributed by atoms with Gasteiger partial charge in [-0.25, -0.2) is 4.79 Å². The number of likely N-dealkylation sites (N-methyl/N-ethyl adjacent to an activating group) is 1. The summed E-state index contributed by atoms with van der Waals surface area (Å²) in [7, 11) is 3.95. The van der Waals surface area contributed by atoms with Gasteiger partial charge < -0.3 is 19.6 Å². The standard InChI is InChI=1S/C18H32N4O4/c1-19-8-5-14(6-9-19)15-12-22(16-13-20(2)18(25)26-16)11-10-21(15)7-3-4-17(23)24/h14-16H,3-13H2,1-2H3,(H,23,24). The van der Waals surface area contributed by atoms with Crippen molar-refractivity contribution in [2.75, 3.05) is 59.9 Å². The minimum absolute atomic E-state index is 0.151. The summed E-state index contributed by atoms with van der Waals surface area (Å²) in [5.74, 6) is -0.103. The van der Waals surface area contributed by atoms with Crippen molar-refractivity contribution >= 4 is 12.1 Å². The SMILES string of the molecule is CN1CCC(C2CN(C3CN(C)C(=O)O3)CCN2CCCC(=O)O)CC1. The Labute approximate surface area is 155 Å². The first-order valence-electron chi connectivity index (χ1n) is 9.74. The van der Waals surface area contributed by atoms with Crippen molar-refractivity contribution < 1.29 is 19.4 Å². The van der Waals surface area contributed by atoms with Crippen LogP contribution in [0.2, 0.25) is 0 Å². The Balaban J connectivity index is 1.62. The number of carbonyl (C=O) groups is 2. The van der Waals surface area contributed by atoms with E-state index in [1.807, 2.05) is 0 Å². The molecular weight excluding hydrogens is 336 g/mol. The molecule has 0 bridgehead atoms. The smallest absolute Gasteiger partial charge is 0.411 e. The molecule has 3 aliphatic rings. The third-order valence-electron chi connectivity index (χ3n) is 6.09. The number of hydrogen-bond donors (Lipinski definition) is 1. The van der Waals surface area contributed by atoms with E-state index in [-0.39, 0.29) is 18.7 Å². The number of carboxylic acid groups (broad SMARTS) is 1. The van der Waals surface area contributed by atoms with E-state index >= 15 is 0 Å². The third-order valence-corrected chi connectivity index (χ3v) is 6.09. The molecule has 3 rings (SSSR count). The maximum Gasteiger partial charge on any atom is 0.411 e. The Kier molecular flexibility index (Phi) is 6.37. The van der Waals surface area contributed by atoms with Crippen LogP contribution in [-0.2, 0) is 9.53 Å². The van der Waals surface area contributed by atoms with Crippen LogP contribution in [0.5, 0.6) is 0 Å². The number of carbonyl (C=O) groups excluding carboxylic acids is 1. The summed E-state index contributed by atoms with van der Waals surface area (Å²) < 4.78 is 5.52. The average Bonchev–Trinajstić information content (AvgIpc) is 2.95. The van der Waals surface area contributed by atoms with Gasteiger partial charge in [-0.2, -0.15) is 0 Å². The number of piperidine rings is 1. The van der Waals surface area contributed by atoms with Crippen molar-refractivity contribution in [3.05, 3.63) is 0 Å². The lowest BCUT2D eigenvalue weighted by Gasteiger charge is -2.47. The normalized spacial score (nSPS) is 29.9. The summed E-state index contributed by atoms with van der Waals surface area (Å²) in [5, 5.41) is 8.94. The second-order valence-corrected chi connectivity index (χ2v) is 7.96. The fourth-order valence-electron chi connectivity index (χ4n) is 4.45. The number of cyclic esters (lactones) is 1. The number of ether oxygens (including phenoxy) is 1. The van der Waals surface area contributed by atoms with E-state index in [4.69, 9.17) is 9.84 Å². The molecule has 0 aromatic heterocycles. The summed E-state index contributed by atoms with van der Waals surface area (Å²) in [6.45, 7) is 6.36. The predicted octanol–water partition coefficient (Wildman–Crippen LogP) is 0.587. The van der Waals surface area contributed by atoms with Crippen LogP contribution < -0.4 is 0 Å². The molecule has 8 nitrogen and oxygen atoms in total. The van der Waals surface area contributed by atoms with Crippen molar-refractivity contribution in [2.24, 2.45) is 5.92 Å². The van der Waals surface area contributed by atoms with Crippen LogP contribution in [0.3, 0.4) is 0 Å². The van der Waals surface area contributed by atoms with Gasteiger partial charge in [0.1, 0.15) is 0 Å². The molecule has 0 aromatic carbocycles. The fourth-order valence-corrected chi connectivity index (χ4v) is 4.45. The zero-order valence-corrected chi connectivity index (χ0v) is 16.0. The molecule has 0 aliphatic carbocycles. The molecule has 0 spiro atoms. The van der Waals surface area contributed by atoms with Gasteiger partial charge in [-0.05, 0) is 51.9 Å². The van der Waals surface area contributed by atoms with Gasteiger partial charge in [0.15, 0.2) is 6.23 Å². The largest absolute Gasteiger partial charge is 0.481 e. The zero-order chi connectivity index (χ0) is 18.7. The first-order valence-corrected chi connectivity index (χ1v) is 9.74. The van der Waals surface area contributed by atoms with Gasteiger partial charge in [-0.1, -0.05) is 0 Å². The Hall–Kier alpha value is -1.38. The highest BCUT2D eigenvalue weighted by atomic mass is 16.6. The van der Waals surface area contributed by atoms with Crippen LogP contribution in [0.15, 0.2) is 0 Å². The highest BCUT2D eigenvalue weighted by Gasteiger charge is 2.40. The first-order chi connectivity index (χ1) is 12.4. The minimum atomic E-state index is -0.722. The maximum atomic E-state index is 11.7. The van der Waals surface area contributed by atoms with Crippen LogP contribution in [-0.4, -0.2) is 109 Å². The van der Waals surface area contributed by atoms with E-state index in [1.165, 1.54) is 12.8 Å². The van der Waals surface area contributed by atoms with Gasteiger partial charge in [-0.3, -0.25) is 14.6 Å². The van der Waals surface area contributed by atoms with E-state index in [0.29, 0.717) is 24.9 Å². The average molecular weight is 368 g/mol. The van der Waals surface area contributed by atoms with Gasteiger partial charge in [-0.15, -0.1) is 0 Å². The maximum absolute atomic E-state index is 11.7. The quantitative estimate of drug-likeness (QED) is 0.735. The Morgan fingerprint density at radius 2 is 1.88 bits per heavy atom. The van der Waals surface area contributed by atoms with Crippen molar-refractivity contribution in [1.29, 1.82) is 0 Å². The van der Waals surface area contributed by atoms with Crippen molar-refractivity contribution in [1.82, 2.24) is 19.6 Å². The number of piperazine rings is 1. The summed E-state index contributed by atoms with van der Waals surface area (Å²) in [6, 6.07) is 0.413. The highest BCUT2D eigenvalue weighted by molar-refractivity contribution is 5.69. The number of rotatable bonds is 6. The second-order valence-electron chi connectivity index (χ2n) is 7.96. The number of aliphatic carboxylic acids is 1. The molecule has 3 saturated heterocycles. The minimum Gasteiger partial charge on any atom is -0.481 e. The summed E-state index contributed by atoms with van der Waals surface area (Å²) in [5.41, 5.74) is 0. The van der Waals surface area contributed by atoms with Crippen LogP contribution >= 0.6 is 0 Å². The topological polar surface area (TPSA) is 76.6 Å². The molecule has 0 radical (unpaired) electrons. The Morgan fingerprint density at radius 3 is 2.50 bits per heavy atom. The Morgan fingerprint density at radius 1 is 1.15 bits per heavy atom. The summed E-state index contributed by atoms with van der Waals surface area (Å²) in [4.78, 5) is 31.4. The van der Waals surface area contributed by atoms with E-state index < -0.39 is 5.97 Å². The predicted molar refractivity (Wildman–Crippen MR) is 96.9 cm³/mol. The molecule has 2 unspecified atom stereocenters. The molecular formula is C18H32N4O4. The highest BCUT2D eigenvalue weighted by Crippen LogP contribution is 2.28. The molecule has 0 aromatic rings. The summed E-state index contributed by atoms with van der Waals surface area (Å²) >= 11 is 0. The van der Waals surface area contributed by atoms with E-state index in [9.17, 15) is 9.59 Å². The van der Waals surface area contributed by atoms with Crippen molar-refractivity contribution in [2.45, 2.75) is 38.0 Å². The molecule has 3 fully saturated rings. The zero-order valence-electron chi connectivity index (χ0n) is 16.0. The lowest BCUT2D eigenvalue weighted by atomic mass is 9.87. The number of amides is 1. The summed E-state index contributed by atoms with van der Waals surface area (Å²) in [6.07, 6.45) is 2.88. The van der Waals surface area contributed by atoms with Gasteiger partial charge in [0.2, 0.25) is 0 Å².